The van der Waals surface area contributed by atoms with Crippen molar-refractivity contribution in [3.63, 3.8) is 0 Å². The van der Waals surface area contributed by atoms with Crippen LogP contribution in [0.1, 0.15) is 11.1 Å². The molecule has 1 aromatic carbocycles. The average molecular weight is 198 g/mol. The quantitative estimate of drug-likeness (QED) is 0.423. The average Bonchev–Trinajstić information content (AvgIpc) is 2.11. The number of hydrogen-bond acceptors (Lipinski definition) is 3. The predicted molar refractivity (Wildman–Crippen MR) is 47.9 cm³/mol. The number of rotatable bonds is 1. The lowest BCUT2D eigenvalue weighted by Gasteiger charge is -1.99. The number of halogens is 2. The molecule has 1 aromatic rings. The van der Waals surface area contributed by atoms with Gasteiger partial charge in [-0.25, -0.2) is 4.39 Å². The van der Waals surface area contributed by atoms with Crippen molar-refractivity contribution in [2.24, 2.45) is 10.9 Å². The van der Waals surface area contributed by atoms with Crippen molar-refractivity contribution in [3.8, 4) is 6.07 Å². The van der Waals surface area contributed by atoms with E-state index in [0.717, 1.165) is 6.07 Å². The highest BCUT2D eigenvalue weighted by atomic mass is 35.5. The predicted octanol–water partition coefficient (Wildman–Crippen LogP) is 1.64. The van der Waals surface area contributed by atoms with Crippen molar-refractivity contribution >= 4 is 17.8 Å². The van der Waals surface area contributed by atoms with Crippen LogP contribution in [0.15, 0.2) is 17.2 Å². The molecule has 0 heterocycles. The fraction of sp³-hybridized carbons (Fsp3) is 0. The summed E-state index contributed by atoms with van der Waals surface area (Å²) in [5.74, 6) is 4.24. The number of nitrogens with zero attached hydrogens (tertiary/aromatic N) is 2. The van der Waals surface area contributed by atoms with Crippen LogP contribution in [0.4, 0.5) is 4.39 Å². The van der Waals surface area contributed by atoms with E-state index in [0.29, 0.717) is 5.56 Å². The second-order valence-corrected chi connectivity index (χ2v) is 2.59. The molecule has 0 spiro atoms. The summed E-state index contributed by atoms with van der Waals surface area (Å²) in [5, 5.41) is 11.8. The smallest absolute Gasteiger partial charge is 0.142 e. The first-order valence-electron chi connectivity index (χ1n) is 3.32. The van der Waals surface area contributed by atoms with Crippen LogP contribution in [0, 0.1) is 17.1 Å². The van der Waals surface area contributed by atoms with Crippen molar-refractivity contribution in [3.05, 3.63) is 34.1 Å². The Morgan fingerprint density at radius 2 is 2.31 bits per heavy atom. The molecule has 0 radical (unpaired) electrons. The Kier molecular flexibility index (Phi) is 2.83. The Morgan fingerprint density at radius 3 is 2.85 bits per heavy atom. The highest BCUT2D eigenvalue weighted by molar-refractivity contribution is 6.34. The van der Waals surface area contributed by atoms with Gasteiger partial charge in [-0.2, -0.15) is 10.4 Å². The SMILES string of the molecule is N#Cc1c(F)ccc(/C=N/N)c1Cl. The molecule has 0 unspecified atom stereocenters. The second kappa shape index (κ2) is 3.87. The molecule has 0 amide bonds. The van der Waals surface area contributed by atoms with Gasteiger partial charge in [0.1, 0.15) is 17.4 Å². The van der Waals surface area contributed by atoms with Gasteiger partial charge in [-0.3, -0.25) is 0 Å². The lowest BCUT2D eigenvalue weighted by Crippen LogP contribution is -1.93. The minimum Gasteiger partial charge on any atom is -0.323 e. The number of nitriles is 1. The van der Waals surface area contributed by atoms with Crippen LogP contribution in [0.25, 0.3) is 0 Å². The fourth-order valence-electron chi connectivity index (χ4n) is 0.851. The maximum atomic E-state index is 12.9. The molecule has 0 saturated heterocycles. The molecule has 0 aliphatic heterocycles. The summed E-state index contributed by atoms with van der Waals surface area (Å²) in [6, 6.07) is 4.19. The maximum Gasteiger partial charge on any atom is 0.142 e. The minimum atomic E-state index is -0.651. The molecule has 0 atom stereocenters. The van der Waals surface area contributed by atoms with Crippen LogP contribution >= 0.6 is 11.6 Å². The Balaban J connectivity index is 3.38. The molecule has 66 valence electrons. The lowest BCUT2D eigenvalue weighted by molar-refractivity contribution is 0.624. The van der Waals surface area contributed by atoms with E-state index in [4.69, 9.17) is 22.7 Å². The van der Waals surface area contributed by atoms with E-state index in [9.17, 15) is 4.39 Å². The summed E-state index contributed by atoms with van der Waals surface area (Å²) in [6.45, 7) is 0. The van der Waals surface area contributed by atoms with Gasteiger partial charge in [-0.05, 0) is 12.1 Å². The monoisotopic (exact) mass is 197 g/mol. The number of hydrogen-bond donors (Lipinski definition) is 1. The molecule has 2 N–H and O–H groups in total. The highest BCUT2D eigenvalue weighted by Crippen LogP contribution is 2.21. The Hall–Kier alpha value is -1.60. The van der Waals surface area contributed by atoms with Crippen molar-refractivity contribution in [2.75, 3.05) is 0 Å². The molecule has 1 rings (SSSR count). The largest absolute Gasteiger partial charge is 0.323 e. The third-order valence-electron chi connectivity index (χ3n) is 1.45. The summed E-state index contributed by atoms with van der Waals surface area (Å²) < 4.78 is 12.9. The van der Waals surface area contributed by atoms with E-state index < -0.39 is 5.82 Å². The van der Waals surface area contributed by atoms with E-state index in [1.807, 2.05) is 0 Å². The molecular formula is C8H5ClFN3. The molecule has 5 heteroatoms. The highest BCUT2D eigenvalue weighted by Gasteiger charge is 2.09. The first-order chi connectivity index (χ1) is 6.20. The van der Waals surface area contributed by atoms with Gasteiger partial charge < -0.3 is 5.84 Å². The summed E-state index contributed by atoms with van der Waals surface area (Å²) in [5.41, 5.74) is 0.223. The molecule has 13 heavy (non-hydrogen) atoms. The third-order valence-corrected chi connectivity index (χ3v) is 1.85. The van der Waals surface area contributed by atoms with Gasteiger partial charge in [-0.15, -0.1) is 0 Å². The Labute approximate surface area is 79.2 Å². The van der Waals surface area contributed by atoms with Gasteiger partial charge in [0.25, 0.3) is 0 Å². The third kappa shape index (κ3) is 1.76. The lowest BCUT2D eigenvalue weighted by atomic mass is 10.1. The molecule has 0 aromatic heterocycles. The molecule has 0 aliphatic rings. The van der Waals surface area contributed by atoms with Gasteiger partial charge in [0.15, 0.2) is 0 Å². The van der Waals surface area contributed by atoms with E-state index in [1.165, 1.54) is 12.3 Å². The second-order valence-electron chi connectivity index (χ2n) is 2.22. The zero-order valence-electron chi connectivity index (χ0n) is 6.46. The molecule has 3 nitrogen and oxygen atoms in total. The van der Waals surface area contributed by atoms with Crippen LogP contribution in [0.3, 0.4) is 0 Å². The molecule has 0 fully saturated rings. The number of benzene rings is 1. The standard InChI is InChI=1S/C8H5ClFN3/c9-8-5(4-13-12)1-2-7(10)6(8)3-11/h1-2,4H,12H2/b13-4+. The van der Waals surface area contributed by atoms with Crippen molar-refractivity contribution < 1.29 is 4.39 Å². The number of nitrogens with two attached hydrogens (primary N) is 1. The van der Waals surface area contributed by atoms with Gasteiger partial charge in [0.2, 0.25) is 0 Å². The van der Waals surface area contributed by atoms with Crippen LogP contribution in [0.5, 0.6) is 0 Å². The normalized spacial score (nSPS) is 10.2. The summed E-state index contributed by atoms with van der Waals surface area (Å²) in [6.07, 6.45) is 1.25. The zero-order chi connectivity index (χ0) is 9.84. The summed E-state index contributed by atoms with van der Waals surface area (Å²) in [4.78, 5) is 0. The van der Waals surface area contributed by atoms with E-state index in [1.54, 1.807) is 6.07 Å². The molecular weight excluding hydrogens is 193 g/mol. The molecule has 0 aliphatic carbocycles. The van der Waals surface area contributed by atoms with Gasteiger partial charge in [0, 0.05) is 5.56 Å². The summed E-state index contributed by atoms with van der Waals surface area (Å²) >= 11 is 5.68. The first-order valence-corrected chi connectivity index (χ1v) is 3.70. The Morgan fingerprint density at radius 1 is 1.62 bits per heavy atom. The van der Waals surface area contributed by atoms with E-state index in [2.05, 4.69) is 5.10 Å². The van der Waals surface area contributed by atoms with Crippen molar-refractivity contribution in [1.82, 2.24) is 0 Å². The van der Waals surface area contributed by atoms with Crippen molar-refractivity contribution in [2.45, 2.75) is 0 Å². The van der Waals surface area contributed by atoms with Gasteiger partial charge >= 0.3 is 0 Å². The summed E-state index contributed by atoms with van der Waals surface area (Å²) in [7, 11) is 0. The maximum absolute atomic E-state index is 12.9. The molecule has 0 bridgehead atoms. The first kappa shape index (κ1) is 9.49. The van der Waals surface area contributed by atoms with Crippen molar-refractivity contribution in [1.29, 1.82) is 5.26 Å². The fourth-order valence-corrected chi connectivity index (χ4v) is 1.10. The topological polar surface area (TPSA) is 62.2 Å². The molecule has 0 saturated carbocycles. The van der Waals surface area contributed by atoms with E-state index in [-0.39, 0.29) is 10.6 Å². The van der Waals surface area contributed by atoms with Crippen LogP contribution in [0.2, 0.25) is 5.02 Å². The number of hydrazone groups is 1. The van der Waals surface area contributed by atoms with Gasteiger partial charge in [0.05, 0.1) is 11.2 Å². The minimum absolute atomic E-state index is 0.0247. The van der Waals surface area contributed by atoms with Crippen LogP contribution in [-0.2, 0) is 0 Å². The van der Waals surface area contributed by atoms with Crippen LogP contribution < -0.4 is 5.84 Å². The van der Waals surface area contributed by atoms with Gasteiger partial charge in [-0.1, -0.05) is 11.6 Å². The van der Waals surface area contributed by atoms with E-state index >= 15 is 0 Å². The van der Waals surface area contributed by atoms with Crippen LogP contribution in [-0.4, -0.2) is 6.21 Å². The Bertz CT molecular complexity index is 395. The zero-order valence-corrected chi connectivity index (χ0v) is 7.22.